The van der Waals surface area contributed by atoms with E-state index in [9.17, 15) is 0 Å². The third-order valence-electron chi connectivity index (χ3n) is 3.11. The molecular weight excluding hydrogens is 356 g/mol. The van der Waals surface area contributed by atoms with Gasteiger partial charge in [-0.1, -0.05) is 23.8 Å². The Morgan fingerprint density at radius 2 is 1.63 bits per heavy atom. The van der Waals surface area contributed by atoms with Crippen LogP contribution in [0.5, 0.6) is 0 Å². The Balaban J connectivity index is 0.000000602. The minimum atomic E-state index is 0. The molecule has 2 aromatic carbocycles. The number of fused-ring (bicyclic) bond motifs is 5. The summed E-state index contributed by atoms with van der Waals surface area (Å²) in [6.45, 7) is 0. The molecule has 0 saturated carbocycles. The fraction of sp³-hybridized carbons (Fsp3) is 0. The first-order valence-electron chi connectivity index (χ1n) is 5.35. The zero-order chi connectivity index (χ0) is 10.5. The monoisotopic (exact) mass is 362 g/mol. The van der Waals surface area contributed by atoms with Crippen LogP contribution in [-0.4, -0.2) is 5.71 Å². The van der Waals surface area contributed by atoms with Crippen LogP contribution in [0.4, 0.5) is 5.69 Å². The molecule has 0 saturated heterocycles. The minimum absolute atomic E-state index is 0. The minimum Gasteiger partial charge on any atom is -1.00 e. The van der Waals surface area contributed by atoms with Crippen LogP contribution in [0.25, 0.3) is 11.6 Å². The number of hydrogen-bond acceptors (Lipinski definition) is 1. The largest absolute Gasteiger partial charge is 3.00 e. The zero-order valence-electron chi connectivity index (χ0n) is 9.82. The van der Waals surface area contributed by atoms with Gasteiger partial charge in [0.05, 0.1) is 5.69 Å². The summed E-state index contributed by atoms with van der Waals surface area (Å²) in [7, 11) is 0. The summed E-state index contributed by atoms with van der Waals surface area (Å²) < 4.78 is 0. The molecule has 1 aliphatic heterocycles. The van der Waals surface area contributed by atoms with Crippen LogP contribution in [0.1, 0.15) is 16.7 Å². The van der Waals surface area contributed by atoms with Gasteiger partial charge in [0.1, 0.15) is 0 Å². The van der Waals surface area contributed by atoms with Gasteiger partial charge in [-0.25, -0.2) is 0 Å². The van der Waals surface area contributed by atoms with Crippen LogP contribution in [0.2, 0.25) is 0 Å². The van der Waals surface area contributed by atoms with E-state index in [0.717, 1.165) is 17.0 Å². The molecule has 1 nitrogen and oxygen atoms in total. The molecule has 0 N–H and O–H groups in total. The Kier molecular flexibility index (Phi) is 5.32. The zero-order valence-corrected chi connectivity index (χ0v) is 13.8. The molecule has 0 aromatic heterocycles. The van der Waals surface area contributed by atoms with Crippen molar-refractivity contribution in [1.82, 2.24) is 0 Å². The molecule has 1 heterocycles. The van der Waals surface area contributed by atoms with Crippen molar-refractivity contribution in [3.63, 3.8) is 0 Å². The summed E-state index contributed by atoms with van der Waals surface area (Å²) in [6, 6.07) is 17.6. The summed E-state index contributed by atoms with van der Waals surface area (Å²) in [5, 5.41) is 0. The summed E-state index contributed by atoms with van der Waals surface area (Å²) in [4.78, 5) is 4.68. The molecule has 2 aliphatic rings. The third kappa shape index (κ3) is 2.38. The fourth-order valence-corrected chi connectivity index (χ4v) is 2.38. The van der Waals surface area contributed by atoms with Crippen molar-refractivity contribution in [2.75, 3.05) is 0 Å². The first-order valence-corrected chi connectivity index (χ1v) is 5.35. The Labute approximate surface area is 143 Å². The summed E-state index contributed by atoms with van der Waals surface area (Å²) in [5.41, 5.74) is 7.03. The first kappa shape index (κ1) is 16.4. The molecule has 0 bridgehead atoms. The van der Waals surface area contributed by atoms with E-state index in [0.29, 0.717) is 0 Å². The van der Waals surface area contributed by atoms with Crippen LogP contribution in [0, 0.1) is 6.07 Å². The number of hydrogen-bond donors (Lipinski definition) is 0. The predicted octanol–water partition coefficient (Wildman–Crippen LogP) is -2.52. The Bertz CT molecular complexity index is 618. The smallest absolute Gasteiger partial charge is 1.00 e. The molecule has 1 aliphatic carbocycles. The molecule has 0 amide bonds. The fourth-order valence-electron chi connectivity index (χ4n) is 2.38. The van der Waals surface area contributed by atoms with Crippen LogP contribution >= 0.6 is 0 Å². The van der Waals surface area contributed by atoms with Gasteiger partial charge in [-0.2, -0.15) is 0 Å². The van der Waals surface area contributed by atoms with Gasteiger partial charge in [0.15, 0.2) is 0 Å². The second-order valence-corrected chi connectivity index (χ2v) is 4.03. The molecule has 4 rings (SSSR count). The number of aliphatic imine (C=N–C) groups is 1. The van der Waals surface area contributed by atoms with E-state index < -0.39 is 0 Å². The Morgan fingerprint density at radius 1 is 0.895 bits per heavy atom. The van der Waals surface area contributed by atoms with Crippen LogP contribution in [0.15, 0.2) is 47.5 Å². The summed E-state index contributed by atoms with van der Waals surface area (Å²) >= 11 is 0. The quantitative estimate of drug-likeness (QED) is 0.458. The Hall–Kier alpha value is -0.687. The van der Waals surface area contributed by atoms with Crippen LogP contribution in [-0.2, 0) is 26.2 Å². The van der Waals surface area contributed by atoms with E-state index in [2.05, 4.69) is 41.4 Å². The molecule has 2 aromatic rings. The normalized spacial score (nSPS) is 12.6. The van der Waals surface area contributed by atoms with Crippen molar-refractivity contribution < 1.29 is 51.0 Å². The number of nitrogens with zero attached hydrogens (tertiary/aromatic N) is 1. The maximum atomic E-state index is 4.68. The number of halogens is 2. The van der Waals surface area contributed by atoms with Crippen LogP contribution < -0.4 is 24.8 Å². The molecule has 1 radical (unpaired) electrons. The van der Waals surface area contributed by atoms with Gasteiger partial charge in [-0.15, -0.1) is 35.9 Å². The maximum Gasteiger partial charge on any atom is 3.00 e. The van der Waals surface area contributed by atoms with Crippen LogP contribution in [0.3, 0.4) is 0 Å². The topological polar surface area (TPSA) is 12.4 Å². The molecule has 4 heteroatoms. The molecule has 19 heavy (non-hydrogen) atoms. The van der Waals surface area contributed by atoms with E-state index in [1.807, 2.05) is 18.2 Å². The number of rotatable bonds is 0. The Morgan fingerprint density at radius 3 is 2.47 bits per heavy atom. The van der Waals surface area contributed by atoms with E-state index in [1.165, 1.54) is 16.7 Å². The van der Waals surface area contributed by atoms with Crippen molar-refractivity contribution >= 4 is 23.0 Å². The third-order valence-corrected chi connectivity index (χ3v) is 3.11. The molecule has 0 unspecified atom stereocenters. The number of allylic oxidation sites excluding steroid dienone is 1. The summed E-state index contributed by atoms with van der Waals surface area (Å²) in [6.07, 6.45) is 2.18. The van der Waals surface area contributed by atoms with Gasteiger partial charge in [0.25, 0.3) is 0 Å². The maximum absolute atomic E-state index is 4.68. The number of para-hydroxylation sites is 1. The predicted molar refractivity (Wildman–Crippen MR) is 65.8 cm³/mol. The molecule has 0 atom stereocenters. The van der Waals surface area contributed by atoms with E-state index in [-0.39, 0.29) is 51.0 Å². The molecule has 0 fully saturated rings. The van der Waals surface area contributed by atoms with E-state index in [1.54, 1.807) is 0 Å². The van der Waals surface area contributed by atoms with Crippen molar-refractivity contribution in [1.29, 1.82) is 0 Å². The standard InChI is InChI=1S/C15H8N.2ClH.Zr/c1-2-6-11-10(5-1)9-13-12-7-3-4-8-14(12)16-15(11)13;;;/h1-4,6-9H;2*1H;/q-1;;;+3/p-2. The number of benzene rings is 2. The van der Waals surface area contributed by atoms with Gasteiger partial charge in [-0.3, -0.25) is 4.99 Å². The molecular formula is C15H8Cl2NZr. The second-order valence-electron chi connectivity index (χ2n) is 4.03. The van der Waals surface area contributed by atoms with Gasteiger partial charge in [0.2, 0.25) is 0 Å². The van der Waals surface area contributed by atoms with E-state index >= 15 is 0 Å². The van der Waals surface area contributed by atoms with Crippen molar-refractivity contribution in [3.8, 4) is 0 Å². The van der Waals surface area contributed by atoms with Gasteiger partial charge >= 0.3 is 26.2 Å². The van der Waals surface area contributed by atoms with Crippen molar-refractivity contribution in [2.45, 2.75) is 0 Å². The molecule has 91 valence electrons. The average Bonchev–Trinajstić information content (AvgIpc) is 2.85. The average molecular weight is 364 g/mol. The molecule has 0 spiro atoms. The first-order chi connectivity index (χ1) is 7.93. The SMILES string of the molecule is [Cl-].[Cl-].[Zr+3].[c-]1cccc2c1C=C1C2=Nc2ccccc21. The van der Waals surface area contributed by atoms with Crippen molar-refractivity contribution in [2.24, 2.45) is 4.99 Å². The van der Waals surface area contributed by atoms with Gasteiger partial charge in [0, 0.05) is 5.71 Å². The van der Waals surface area contributed by atoms with Gasteiger partial charge in [-0.05, 0) is 17.2 Å². The second kappa shape index (κ2) is 6.18. The van der Waals surface area contributed by atoms with Gasteiger partial charge < -0.3 is 24.8 Å². The van der Waals surface area contributed by atoms with E-state index in [4.69, 9.17) is 0 Å². The summed E-state index contributed by atoms with van der Waals surface area (Å²) in [5.74, 6) is 0. The van der Waals surface area contributed by atoms with Crippen molar-refractivity contribution in [3.05, 3.63) is 65.2 Å².